The smallest absolute Gasteiger partial charge is 0.246 e. The van der Waals surface area contributed by atoms with Gasteiger partial charge in [0.2, 0.25) is 5.78 Å². The van der Waals surface area contributed by atoms with Crippen LogP contribution in [0.25, 0.3) is 0 Å². The number of rotatable bonds is 1. The number of carbonyl (C=O) groups is 1. The first-order valence-electron chi connectivity index (χ1n) is 4.11. The summed E-state index contributed by atoms with van der Waals surface area (Å²) in [6.07, 6.45) is 0. The van der Waals surface area contributed by atoms with Crippen molar-refractivity contribution in [3.05, 3.63) is 43.2 Å². The van der Waals surface area contributed by atoms with Crippen molar-refractivity contribution in [1.29, 1.82) is 0 Å². The van der Waals surface area contributed by atoms with E-state index in [1.807, 2.05) is 23.6 Å². The van der Waals surface area contributed by atoms with Gasteiger partial charge in [0, 0.05) is 0 Å². The SMILES string of the molecule is O=C(C#Cc1cccs1)c1ccc(Br)s1. The largest absolute Gasteiger partial charge is 0.278 e. The van der Waals surface area contributed by atoms with Crippen LogP contribution >= 0.6 is 38.6 Å². The lowest BCUT2D eigenvalue weighted by molar-refractivity contribution is 0.106. The van der Waals surface area contributed by atoms with Gasteiger partial charge >= 0.3 is 0 Å². The summed E-state index contributed by atoms with van der Waals surface area (Å²) in [4.78, 5) is 13.2. The normalized spacial score (nSPS) is 9.40. The molecule has 0 N–H and O–H groups in total. The van der Waals surface area contributed by atoms with Crippen molar-refractivity contribution in [3.63, 3.8) is 0 Å². The highest BCUT2D eigenvalue weighted by Crippen LogP contribution is 2.22. The molecule has 74 valence electrons. The Labute approximate surface area is 104 Å². The summed E-state index contributed by atoms with van der Waals surface area (Å²) in [5.41, 5.74) is 0. The van der Waals surface area contributed by atoms with Gasteiger partial charge in [0.05, 0.1) is 13.5 Å². The van der Waals surface area contributed by atoms with Crippen molar-refractivity contribution in [1.82, 2.24) is 0 Å². The number of thiophene rings is 2. The Bertz CT molecular complexity index is 528. The topological polar surface area (TPSA) is 17.1 Å². The third-order valence-electron chi connectivity index (χ3n) is 1.62. The third kappa shape index (κ3) is 2.78. The first kappa shape index (κ1) is 10.6. The Kier molecular flexibility index (Phi) is 3.37. The van der Waals surface area contributed by atoms with Crippen LogP contribution in [0.15, 0.2) is 33.4 Å². The minimum atomic E-state index is -0.126. The monoisotopic (exact) mass is 296 g/mol. The lowest BCUT2D eigenvalue weighted by Gasteiger charge is -1.82. The van der Waals surface area contributed by atoms with Crippen LogP contribution in [0.1, 0.15) is 14.5 Å². The van der Waals surface area contributed by atoms with Crippen LogP contribution < -0.4 is 0 Å². The van der Waals surface area contributed by atoms with Crippen molar-refractivity contribution in [3.8, 4) is 11.8 Å². The molecule has 2 rings (SSSR count). The van der Waals surface area contributed by atoms with Crippen LogP contribution in [0.3, 0.4) is 0 Å². The molecule has 0 saturated carbocycles. The van der Waals surface area contributed by atoms with Gasteiger partial charge in [-0.05, 0) is 51.3 Å². The Balaban J connectivity index is 2.17. The van der Waals surface area contributed by atoms with E-state index >= 15 is 0 Å². The summed E-state index contributed by atoms with van der Waals surface area (Å²) in [5.74, 6) is 5.34. The Hall–Kier alpha value is -0.890. The van der Waals surface area contributed by atoms with E-state index in [2.05, 4.69) is 27.8 Å². The van der Waals surface area contributed by atoms with E-state index in [1.165, 1.54) is 22.7 Å². The fourth-order valence-electron chi connectivity index (χ4n) is 0.966. The summed E-state index contributed by atoms with van der Waals surface area (Å²) < 4.78 is 0.948. The molecule has 4 heteroatoms. The van der Waals surface area contributed by atoms with Crippen LogP contribution in [0.2, 0.25) is 0 Å². The predicted molar refractivity (Wildman–Crippen MR) is 67.5 cm³/mol. The fourth-order valence-corrected chi connectivity index (χ4v) is 2.82. The summed E-state index contributed by atoms with van der Waals surface area (Å²) in [7, 11) is 0. The quantitative estimate of drug-likeness (QED) is 0.578. The summed E-state index contributed by atoms with van der Waals surface area (Å²) in [6.45, 7) is 0. The minimum Gasteiger partial charge on any atom is -0.278 e. The molecular weight excluding hydrogens is 292 g/mol. The second-order valence-electron chi connectivity index (χ2n) is 2.66. The van der Waals surface area contributed by atoms with E-state index in [0.29, 0.717) is 4.88 Å². The number of hydrogen-bond donors (Lipinski definition) is 0. The van der Waals surface area contributed by atoms with Crippen LogP contribution in [-0.2, 0) is 0 Å². The molecule has 0 atom stereocenters. The highest BCUT2D eigenvalue weighted by molar-refractivity contribution is 9.11. The first-order valence-corrected chi connectivity index (χ1v) is 6.60. The van der Waals surface area contributed by atoms with Crippen LogP contribution in [0.4, 0.5) is 0 Å². The average molecular weight is 297 g/mol. The molecule has 0 aromatic carbocycles. The van der Waals surface area contributed by atoms with Crippen molar-refractivity contribution < 1.29 is 4.79 Å². The number of carbonyl (C=O) groups excluding carboxylic acids is 1. The molecule has 2 aromatic heterocycles. The molecule has 0 bridgehead atoms. The van der Waals surface area contributed by atoms with E-state index in [4.69, 9.17) is 0 Å². The fraction of sp³-hybridized carbons (Fsp3) is 0. The van der Waals surface area contributed by atoms with Crippen molar-refractivity contribution in [2.45, 2.75) is 0 Å². The van der Waals surface area contributed by atoms with E-state index in [1.54, 1.807) is 6.07 Å². The average Bonchev–Trinajstić information content (AvgIpc) is 2.84. The van der Waals surface area contributed by atoms with E-state index in [-0.39, 0.29) is 5.78 Å². The second-order valence-corrected chi connectivity index (χ2v) is 6.07. The first-order chi connectivity index (χ1) is 7.25. The molecule has 0 aliphatic heterocycles. The van der Waals surface area contributed by atoms with E-state index < -0.39 is 0 Å². The Morgan fingerprint density at radius 1 is 1.33 bits per heavy atom. The zero-order valence-electron chi connectivity index (χ0n) is 7.49. The molecule has 0 radical (unpaired) electrons. The van der Waals surface area contributed by atoms with Crippen molar-refractivity contribution >= 4 is 44.4 Å². The molecule has 0 fully saturated rings. The lowest BCUT2D eigenvalue weighted by Crippen LogP contribution is -1.89. The lowest BCUT2D eigenvalue weighted by atomic mass is 10.3. The van der Waals surface area contributed by atoms with Gasteiger partial charge in [0.15, 0.2) is 0 Å². The van der Waals surface area contributed by atoms with Gasteiger partial charge < -0.3 is 0 Å². The number of ketones is 1. The van der Waals surface area contributed by atoms with Crippen LogP contribution in [0, 0.1) is 11.8 Å². The zero-order valence-corrected chi connectivity index (χ0v) is 10.7. The molecular formula is C11H5BrOS2. The third-order valence-corrected chi connectivity index (χ3v) is 4.03. The molecule has 15 heavy (non-hydrogen) atoms. The maximum absolute atomic E-state index is 11.6. The minimum absolute atomic E-state index is 0.126. The highest BCUT2D eigenvalue weighted by atomic mass is 79.9. The maximum atomic E-state index is 11.6. The number of halogens is 1. The molecule has 0 aliphatic carbocycles. The van der Waals surface area contributed by atoms with Crippen LogP contribution in [0.5, 0.6) is 0 Å². The van der Waals surface area contributed by atoms with Crippen LogP contribution in [-0.4, -0.2) is 5.78 Å². The summed E-state index contributed by atoms with van der Waals surface area (Å²) in [5, 5.41) is 1.94. The summed E-state index contributed by atoms with van der Waals surface area (Å²) in [6, 6.07) is 7.45. The molecule has 0 aliphatic rings. The summed E-state index contributed by atoms with van der Waals surface area (Å²) >= 11 is 6.25. The Morgan fingerprint density at radius 2 is 2.20 bits per heavy atom. The number of Topliss-reactive ketones (excluding diaryl/α,β-unsaturated/α-hetero) is 1. The van der Waals surface area contributed by atoms with Gasteiger partial charge in [-0.3, -0.25) is 4.79 Å². The predicted octanol–water partition coefficient (Wildman–Crippen LogP) is 3.81. The van der Waals surface area contributed by atoms with E-state index in [0.717, 1.165) is 8.66 Å². The van der Waals surface area contributed by atoms with Crippen molar-refractivity contribution in [2.75, 3.05) is 0 Å². The molecule has 1 nitrogen and oxygen atoms in total. The molecule has 0 unspecified atom stereocenters. The Morgan fingerprint density at radius 3 is 2.80 bits per heavy atom. The van der Waals surface area contributed by atoms with E-state index in [9.17, 15) is 4.79 Å². The molecule has 2 heterocycles. The molecule has 0 spiro atoms. The maximum Gasteiger partial charge on any atom is 0.246 e. The standard InChI is InChI=1S/C11H5BrOS2/c12-11-6-5-10(15-11)9(13)4-3-8-2-1-7-14-8/h1-2,5-7H. The highest BCUT2D eigenvalue weighted by Gasteiger charge is 2.04. The van der Waals surface area contributed by atoms with Gasteiger partial charge in [-0.1, -0.05) is 6.07 Å². The molecule has 0 amide bonds. The molecule has 2 aromatic rings. The van der Waals surface area contributed by atoms with Gasteiger partial charge in [0.1, 0.15) is 0 Å². The van der Waals surface area contributed by atoms with Gasteiger partial charge in [0.25, 0.3) is 0 Å². The van der Waals surface area contributed by atoms with Gasteiger partial charge in [-0.15, -0.1) is 22.7 Å². The van der Waals surface area contributed by atoms with Gasteiger partial charge in [-0.2, -0.15) is 0 Å². The number of hydrogen-bond acceptors (Lipinski definition) is 3. The molecule has 0 saturated heterocycles. The second kappa shape index (κ2) is 4.75. The van der Waals surface area contributed by atoms with Gasteiger partial charge in [-0.25, -0.2) is 0 Å². The van der Waals surface area contributed by atoms with Crippen molar-refractivity contribution in [2.24, 2.45) is 0 Å². The zero-order chi connectivity index (χ0) is 10.7.